The summed E-state index contributed by atoms with van der Waals surface area (Å²) in [5.74, 6) is -0.766. The van der Waals surface area contributed by atoms with Crippen molar-refractivity contribution in [3.05, 3.63) is 83.2 Å². The summed E-state index contributed by atoms with van der Waals surface area (Å²) in [6.07, 6.45) is 1.76. The Kier molecular flexibility index (Phi) is 8.24. The number of nitriles is 1. The van der Waals surface area contributed by atoms with E-state index in [4.69, 9.17) is 5.14 Å². The van der Waals surface area contributed by atoms with Crippen LogP contribution >= 0.6 is 11.9 Å². The molecular formula is C30H33FN6OS. The van der Waals surface area contributed by atoms with Crippen molar-refractivity contribution in [1.82, 2.24) is 4.90 Å². The van der Waals surface area contributed by atoms with E-state index in [2.05, 4.69) is 21.2 Å². The highest BCUT2D eigenvalue weighted by atomic mass is 32.2. The lowest BCUT2D eigenvalue weighted by Crippen LogP contribution is -2.49. The zero-order chi connectivity index (χ0) is 27.4. The summed E-state index contributed by atoms with van der Waals surface area (Å²) >= 11 is 1.22. The molecule has 0 radical (unpaired) electrons. The van der Waals surface area contributed by atoms with Crippen LogP contribution in [0.5, 0.6) is 0 Å². The first-order valence-electron chi connectivity index (χ1n) is 13.3. The second-order valence-corrected chi connectivity index (χ2v) is 10.7. The van der Waals surface area contributed by atoms with Crippen LogP contribution in [0.25, 0.3) is 0 Å². The lowest BCUT2D eigenvalue weighted by atomic mass is 10.0. The van der Waals surface area contributed by atoms with Gasteiger partial charge in [0, 0.05) is 55.9 Å². The highest BCUT2D eigenvalue weighted by molar-refractivity contribution is 7.97. The number of anilines is 3. The predicted molar refractivity (Wildman–Crippen MR) is 156 cm³/mol. The van der Waals surface area contributed by atoms with Gasteiger partial charge in [0.05, 0.1) is 22.5 Å². The third kappa shape index (κ3) is 5.82. The molecular weight excluding hydrogens is 511 g/mol. The van der Waals surface area contributed by atoms with Crippen molar-refractivity contribution >= 4 is 34.9 Å². The topological polar surface area (TPSA) is 88.6 Å². The van der Waals surface area contributed by atoms with Crippen LogP contribution in [0.3, 0.4) is 0 Å². The summed E-state index contributed by atoms with van der Waals surface area (Å²) in [6.45, 7) is 5.85. The van der Waals surface area contributed by atoms with Crippen molar-refractivity contribution < 1.29 is 9.18 Å². The SMILES string of the molecule is Cc1cc(F)c(C(=O)N2CCN(c3ccccc3SN)CC2)cc1NC1CCN(c2ccccc2C#N)CC1. The van der Waals surface area contributed by atoms with Crippen LogP contribution in [0.4, 0.5) is 21.5 Å². The average molecular weight is 545 g/mol. The highest BCUT2D eigenvalue weighted by Crippen LogP contribution is 2.30. The van der Waals surface area contributed by atoms with Gasteiger partial charge in [-0.15, -0.1) is 0 Å². The lowest BCUT2D eigenvalue weighted by Gasteiger charge is -2.37. The minimum Gasteiger partial charge on any atom is -0.382 e. The molecule has 0 atom stereocenters. The number of hydrogen-bond acceptors (Lipinski definition) is 7. The Bertz CT molecular complexity index is 1380. The molecule has 0 bridgehead atoms. The Morgan fingerprint density at radius 2 is 1.62 bits per heavy atom. The molecule has 39 heavy (non-hydrogen) atoms. The van der Waals surface area contributed by atoms with E-state index in [0.717, 1.165) is 53.5 Å². The number of para-hydroxylation sites is 2. The third-order valence-electron chi connectivity index (χ3n) is 7.66. The monoisotopic (exact) mass is 544 g/mol. The van der Waals surface area contributed by atoms with Crippen molar-refractivity contribution in [3.63, 3.8) is 0 Å². The molecule has 202 valence electrons. The molecule has 3 aromatic rings. The van der Waals surface area contributed by atoms with Gasteiger partial charge in [-0.3, -0.25) is 9.93 Å². The third-order valence-corrected chi connectivity index (χ3v) is 8.26. The molecule has 0 aromatic heterocycles. The van der Waals surface area contributed by atoms with E-state index in [0.29, 0.717) is 31.7 Å². The van der Waals surface area contributed by atoms with E-state index in [9.17, 15) is 10.1 Å². The molecule has 2 saturated heterocycles. The quantitative estimate of drug-likeness (QED) is 0.422. The summed E-state index contributed by atoms with van der Waals surface area (Å²) in [6, 6.07) is 21.3. The van der Waals surface area contributed by atoms with E-state index < -0.39 is 5.82 Å². The predicted octanol–water partition coefficient (Wildman–Crippen LogP) is 5.01. The molecule has 2 heterocycles. The smallest absolute Gasteiger partial charge is 0.257 e. The molecule has 2 aliphatic rings. The van der Waals surface area contributed by atoms with E-state index in [-0.39, 0.29) is 17.5 Å². The van der Waals surface area contributed by atoms with Crippen LogP contribution in [-0.4, -0.2) is 56.1 Å². The van der Waals surface area contributed by atoms with Gasteiger partial charge in [-0.05, 0) is 73.7 Å². The molecule has 2 fully saturated rings. The molecule has 2 aliphatic heterocycles. The number of carbonyl (C=O) groups is 1. The van der Waals surface area contributed by atoms with E-state index in [1.807, 2.05) is 55.5 Å². The molecule has 3 aromatic carbocycles. The Labute approximate surface area is 233 Å². The van der Waals surface area contributed by atoms with Crippen LogP contribution in [-0.2, 0) is 0 Å². The van der Waals surface area contributed by atoms with E-state index >= 15 is 4.39 Å². The van der Waals surface area contributed by atoms with E-state index in [1.54, 1.807) is 11.0 Å². The number of hydrogen-bond donors (Lipinski definition) is 2. The fourth-order valence-electron chi connectivity index (χ4n) is 5.46. The van der Waals surface area contributed by atoms with Crippen molar-refractivity contribution in [1.29, 1.82) is 5.26 Å². The number of nitrogens with two attached hydrogens (primary N) is 1. The zero-order valence-corrected chi connectivity index (χ0v) is 22.9. The summed E-state index contributed by atoms with van der Waals surface area (Å²) < 4.78 is 15.0. The summed E-state index contributed by atoms with van der Waals surface area (Å²) in [4.78, 5) is 20.6. The van der Waals surface area contributed by atoms with Crippen LogP contribution < -0.4 is 20.3 Å². The Hall–Kier alpha value is -3.74. The number of aryl methyl sites for hydroxylation is 1. The number of rotatable bonds is 6. The van der Waals surface area contributed by atoms with Gasteiger partial charge in [0.15, 0.2) is 0 Å². The van der Waals surface area contributed by atoms with Crippen molar-refractivity contribution in [3.8, 4) is 6.07 Å². The van der Waals surface area contributed by atoms with Crippen LogP contribution in [0.2, 0.25) is 0 Å². The number of nitrogens with one attached hydrogen (secondary N) is 1. The van der Waals surface area contributed by atoms with Gasteiger partial charge >= 0.3 is 0 Å². The van der Waals surface area contributed by atoms with Gasteiger partial charge in [0.1, 0.15) is 11.9 Å². The normalized spacial score (nSPS) is 16.2. The number of piperidine rings is 1. The standard InChI is InChI=1S/C30H33FN6OS/c1-21-18-25(31)24(30(38)37-16-14-36(15-17-37)28-8-4-5-9-29(28)39-33)19-26(21)34-23-10-12-35(13-11-23)27-7-3-2-6-22(27)20-32/h2-9,18-19,23,34H,10-17,33H2,1H3. The van der Waals surface area contributed by atoms with Crippen molar-refractivity contribution in [2.24, 2.45) is 5.14 Å². The molecule has 3 N–H and O–H groups in total. The fraction of sp³-hybridized carbons (Fsp3) is 0.333. The maximum Gasteiger partial charge on any atom is 0.257 e. The number of amides is 1. The van der Waals surface area contributed by atoms with Gasteiger partial charge in [-0.2, -0.15) is 5.26 Å². The second kappa shape index (κ2) is 12.0. The number of benzene rings is 3. The lowest BCUT2D eigenvalue weighted by molar-refractivity contribution is 0.0742. The van der Waals surface area contributed by atoms with Crippen LogP contribution in [0.15, 0.2) is 65.6 Å². The van der Waals surface area contributed by atoms with Crippen LogP contribution in [0, 0.1) is 24.1 Å². The number of nitrogens with zero attached hydrogens (tertiary/aromatic N) is 4. The highest BCUT2D eigenvalue weighted by Gasteiger charge is 2.27. The van der Waals surface area contributed by atoms with Gasteiger partial charge in [0.2, 0.25) is 0 Å². The second-order valence-electron chi connectivity index (χ2n) is 10.0. The largest absolute Gasteiger partial charge is 0.382 e. The number of halogens is 1. The zero-order valence-electron chi connectivity index (χ0n) is 22.1. The van der Waals surface area contributed by atoms with Gasteiger partial charge in [-0.25, -0.2) is 4.39 Å². The summed E-state index contributed by atoms with van der Waals surface area (Å²) in [7, 11) is 0. The minimum atomic E-state index is -0.488. The van der Waals surface area contributed by atoms with E-state index in [1.165, 1.54) is 18.0 Å². The van der Waals surface area contributed by atoms with Crippen molar-refractivity contribution in [2.45, 2.75) is 30.7 Å². The molecule has 0 spiro atoms. The number of piperazine rings is 1. The molecule has 7 nitrogen and oxygen atoms in total. The molecule has 5 rings (SSSR count). The Morgan fingerprint density at radius 1 is 0.974 bits per heavy atom. The average Bonchev–Trinajstić information content (AvgIpc) is 2.98. The molecule has 1 amide bonds. The van der Waals surface area contributed by atoms with Gasteiger partial charge < -0.3 is 20.0 Å². The Morgan fingerprint density at radius 3 is 2.31 bits per heavy atom. The Balaban J connectivity index is 1.23. The first kappa shape index (κ1) is 26.9. The molecule has 0 aliphatic carbocycles. The van der Waals surface area contributed by atoms with Crippen molar-refractivity contribution in [2.75, 3.05) is 54.4 Å². The van der Waals surface area contributed by atoms with Gasteiger partial charge in [0.25, 0.3) is 5.91 Å². The maximum absolute atomic E-state index is 15.0. The number of carbonyl (C=O) groups excluding carboxylic acids is 1. The fourth-order valence-corrected chi connectivity index (χ4v) is 5.93. The molecule has 9 heteroatoms. The first-order valence-corrected chi connectivity index (χ1v) is 14.2. The molecule has 0 saturated carbocycles. The van der Waals surface area contributed by atoms with Crippen LogP contribution in [0.1, 0.15) is 34.3 Å². The summed E-state index contributed by atoms with van der Waals surface area (Å²) in [5.41, 5.74) is 4.40. The minimum absolute atomic E-state index is 0.106. The summed E-state index contributed by atoms with van der Waals surface area (Å²) in [5, 5.41) is 18.8. The maximum atomic E-state index is 15.0. The molecule has 0 unspecified atom stereocenters. The first-order chi connectivity index (χ1) is 19.0. The van der Waals surface area contributed by atoms with Gasteiger partial charge in [-0.1, -0.05) is 24.3 Å².